The molecule has 10 heteroatoms. The number of carbonyl (C=O) groups excluding carboxylic acids is 2. The summed E-state index contributed by atoms with van der Waals surface area (Å²) in [4.78, 5) is 29.6. The number of cyclic esters (lactones) is 1. The van der Waals surface area contributed by atoms with Crippen LogP contribution in [0.15, 0.2) is 60.3 Å². The molecular formula is C35H52N2O8. The van der Waals surface area contributed by atoms with Crippen molar-refractivity contribution in [3.63, 3.8) is 0 Å². The standard InChI is InChI=1S/C35H52N2O8/c1-7-28(39)25(5)33-29(43-33)19-22(2)11-10-12-23(3)32-24(4)14-15-30(35(6,42)17-16-27(38)20-31(40)45-32)44-34(41)37-21-26-13-8-9-18-36-26/h8-15,18,22,24-25,27-30,32-33,38-39,42H,7,16-17,19-21H2,1-6H3,(H,37,41)/b11-10+,15-14-,23-12+. The highest BCUT2D eigenvalue weighted by Gasteiger charge is 2.45. The Morgan fingerprint density at radius 3 is 2.73 bits per heavy atom. The van der Waals surface area contributed by atoms with E-state index in [9.17, 15) is 24.9 Å². The zero-order valence-electron chi connectivity index (χ0n) is 27.5. The number of hydrogen-bond acceptors (Lipinski definition) is 9. The molecule has 0 aromatic carbocycles. The zero-order valence-corrected chi connectivity index (χ0v) is 27.5. The highest BCUT2D eigenvalue weighted by molar-refractivity contribution is 5.70. The fourth-order valence-corrected chi connectivity index (χ4v) is 5.61. The average molecular weight is 629 g/mol. The number of rotatable bonds is 11. The van der Waals surface area contributed by atoms with Gasteiger partial charge in [-0.3, -0.25) is 9.78 Å². The first kappa shape index (κ1) is 36.4. The first-order valence-electron chi connectivity index (χ1n) is 16.1. The molecule has 3 heterocycles. The van der Waals surface area contributed by atoms with E-state index in [2.05, 4.69) is 23.3 Å². The van der Waals surface area contributed by atoms with Crippen LogP contribution in [0.5, 0.6) is 0 Å². The molecule has 10 unspecified atom stereocenters. The van der Waals surface area contributed by atoms with Crippen molar-refractivity contribution in [1.82, 2.24) is 10.3 Å². The number of epoxide rings is 1. The lowest BCUT2D eigenvalue weighted by Crippen LogP contribution is -2.44. The average Bonchev–Trinajstić information content (AvgIpc) is 3.77. The molecule has 0 radical (unpaired) electrons. The maximum atomic E-state index is 12.8. The van der Waals surface area contributed by atoms with E-state index in [0.717, 1.165) is 12.0 Å². The third kappa shape index (κ3) is 11.7. The van der Waals surface area contributed by atoms with Gasteiger partial charge >= 0.3 is 12.1 Å². The van der Waals surface area contributed by atoms with Crippen LogP contribution in [-0.4, -0.2) is 74.6 Å². The minimum atomic E-state index is -1.50. The van der Waals surface area contributed by atoms with Gasteiger partial charge in [-0.05, 0) is 69.2 Å². The summed E-state index contributed by atoms with van der Waals surface area (Å²) in [6.07, 6.45) is 8.97. The Hall–Kier alpha value is -3.05. The molecule has 0 bridgehead atoms. The highest BCUT2D eigenvalue weighted by Crippen LogP contribution is 2.36. The van der Waals surface area contributed by atoms with E-state index < -0.39 is 36.0 Å². The Kier molecular flexibility index (Phi) is 13.8. The number of aromatic nitrogens is 1. The van der Waals surface area contributed by atoms with Crippen molar-refractivity contribution in [1.29, 1.82) is 0 Å². The zero-order chi connectivity index (χ0) is 33.1. The fourth-order valence-electron chi connectivity index (χ4n) is 5.61. The molecule has 1 amide bonds. The summed E-state index contributed by atoms with van der Waals surface area (Å²) >= 11 is 0. The molecule has 2 aliphatic rings. The largest absolute Gasteiger partial charge is 0.457 e. The number of esters is 1. The predicted octanol–water partition coefficient (Wildman–Crippen LogP) is 4.78. The van der Waals surface area contributed by atoms with Crippen LogP contribution in [-0.2, 0) is 25.5 Å². The molecule has 1 saturated heterocycles. The van der Waals surface area contributed by atoms with Crippen molar-refractivity contribution >= 4 is 12.1 Å². The molecule has 10 nitrogen and oxygen atoms in total. The van der Waals surface area contributed by atoms with Gasteiger partial charge in [-0.1, -0.05) is 58.1 Å². The Bertz CT molecular complexity index is 1180. The number of amides is 1. The number of aliphatic hydroxyl groups excluding tert-OH is 2. The Labute approximate surface area is 267 Å². The van der Waals surface area contributed by atoms with Gasteiger partial charge in [0.05, 0.1) is 43.1 Å². The molecule has 0 aliphatic carbocycles. The Morgan fingerprint density at radius 1 is 1.29 bits per heavy atom. The minimum absolute atomic E-state index is 0.0900. The first-order valence-corrected chi connectivity index (χ1v) is 16.1. The maximum absolute atomic E-state index is 12.8. The lowest BCUT2D eigenvalue weighted by Gasteiger charge is -2.32. The van der Waals surface area contributed by atoms with Gasteiger partial charge in [0, 0.05) is 18.0 Å². The van der Waals surface area contributed by atoms with Crippen LogP contribution in [0, 0.1) is 17.8 Å². The number of hydrogen-bond donors (Lipinski definition) is 4. The molecule has 0 spiro atoms. The number of aliphatic hydroxyl groups is 3. The van der Waals surface area contributed by atoms with Crippen molar-refractivity contribution in [2.24, 2.45) is 17.8 Å². The number of pyridine rings is 1. The molecule has 1 aromatic heterocycles. The third-order valence-corrected chi connectivity index (χ3v) is 8.72. The smallest absolute Gasteiger partial charge is 0.408 e. The summed E-state index contributed by atoms with van der Waals surface area (Å²) in [6.45, 7) is 11.6. The van der Waals surface area contributed by atoms with Crippen molar-refractivity contribution in [2.75, 3.05) is 0 Å². The number of alkyl carbamates (subject to hydrolysis) is 1. The summed E-state index contributed by atoms with van der Waals surface area (Å²) in [6, 6.07) is 5.38. The van der Waals surface area contributed by atoms with Crippen molar-refractivity contribution in [3.8, 4) is 0 Å². The van der Waals surface area contributed by atoms with Crippen molar-refractivity contribution < 1.29 is 39.1 Å². The maximum Gasteiger partial charge on any atom is 0.408 e. The molecule has 2 aliphatic heterocycles. The topological polar surface area (TPSA) is 151 Å². The van der Waals surface area contributed by atoms with Gasteiger partial charge in [-0.2, -0.15) is 0 Å². The van der Waals surface area contributed by atoms with Gasteiger partial charge in [0.15, 0.2) is 6.10 Å². The van der Waals surface area contributed by atoms with Gasteiger partial charge in [0.2, 0.25) is 0 Å². The molecule has 0 saturated carbocycles. The van der Waals surface area contributed by atoms with Crippen LogP contribution >= 0.6 is 0 Å². The normalized spacial score (nSPS) is 32.4. The molecule has 1 aromatic rings. The second-order valence-corrected chi connectivity index (χ2v) is 12.9. The minimum Gasteiger partial charge on any atom is -0.457 e. The van der Waals surface area contributed by atoms with Crippen LogP contribution < -0.4 is 5.32 Å². The molecule has 250 valence electrons. The predicted molar refractivity (Wildman–Crippen MR) is 171 cm³/mol. The Balaban J connectivity index is 1.69. The number of nitrogens with one attached hydrogen (secondary N) is 1. The van der Waals surface area contributed by atoms with Gasteiger partial charge in [-0.25, -0.2) is 4.79 Å². The monoisotopic (exact) mass is 628 g/mol. The van der Waals surface area contributed by atoms with E-state index in [1.165, 1.54) is 0 Å². The molecule has 3 rings (SSSR count). The van der Waals surface area contributed by atoms with Crippen LogP contribution in [0.1, 0.15) is 79.3 Å². The summed E-state index contributed by atoms with van der Waals surface area (Å²) in [5.41, 5.74) is -0.0411. The summed E-state index contributed by atoms with van der Waals surface area (Å²) in [5, 5.41) is 34.6. The van der Waals surface area contributed by atoms with E-state index in [1.807, 2.05) is 45.9 Å². The highest BCUT2D eigenvalue weighted by atomic mass is 16.6. The fraction of sp³-hybridized carbons (Fsp3) is 0.629. The van der Waals surface area contributed by atoms with Crippen LogP contribution in [0.4, 0.5) is 4.79 Å². The van der Waals surface area contributed by atoms with Gasteiger partial charge in [0.25, 0.3) is 0 Å². The van der Waals surface area contributed by atoms with E-state index in [-0.39, 0.29) is 61.9 Å². The second kappa shape index (κ2) is 17.0. The van der Waals surface area contributed by atoms with E-state index >= 15 is 0 Å². The molecular weight excluding hydrogens is 576 g/mol. The van der Waals surface area contributed by atoms with Crippen LogP contribution in [0.2, 0.25) is 0 Å². The molecule has 1 fully saturated rings. The first-order chi connectivity index (χ1) is 21.3. The quantitative estimate of drug-likeness (QED) is 0.117. The molecule has 4 N–H and O–H groups in total. The summed E-state index contributed by atoms with van der Waals surface area (Å²) < 4.78 is 17.3. The second-order valence-electron chi connectivity index (χ2n) is 12.9. The summed E-state index contributed by atoms with van der Waals surface area (Å²) in [7, 11) is 0. The number of allylic oxidation sites excluding steroid dienone is 3. The van der Waals surface area contributed by atoms with Gasteiger partial charge in [-0.15, -0.1) is 0 Å². The van der Waals surface area contributed by atoms with Crippen LogP contribution in [0.3, 0.4) is 0 Å². The molecule has 45 heavy (non-hydrogen) atoms. The van der Waals surface area contributed by atoms with E-state index in [0.29, 0.717) is 12.1 Å². The van der Waals surface area contributed by atoms with Crippen molar-refractivity contribution in [3.05, 3.63) is 66.0 Å². The Morgan fingerprint density at radius 2 is 2.04 bits per heavy atom. The SMILES string of the molecule is CCC(O)C(C)C1OC1CC(C)/C=C/C=C(\C)C1OC(=O)CC(O)CCC(C)(O)C(OC(=O)NCc2ccccn2)/C=C\C1C. The van der Waals surface area contributed by atoms with Gasteiger partial charge in [0.1, 0.15) is 11.7 Å². The van der Waals surface area contributed by atoms with Gasteiger partial charge < -0.3 is 34.8 Å². The lowest BCUT2D eigenvalue weighted by atomic mass is 9.88. The number of carbonyl (C=O) groups is 2. The van der Waals surface area contributed by atoms with E-state index in [1.54, 1.807) is 37.4 Å². The van der Waals surface area contributed by atoms with E-state index in [4.69, 9.17) is 14.2 Å². The van der Waals surface area contributed by atoms with Crippen LogP contribution in [0.25, 0.3) is 0 Å². The number of nitrogens with zero attached hydrogens (tertiary/aromatic N) is 1. The third-order valence-electron chi connectivity index (χ3n) is 8.72. The van der Waals surface area contributed by atoms with Crippen molar-refractivity contribution in [2.45, 2.75) is 122 Å². The lowest BCUT2D eigenvalue weighted by molar-refractivity contribution is -0.151. The summed E-state index contributed by atoms with van der Waals surface area (Å²) in [5.74, 6) is -0.514. The molecule has 10 atom stereocenters. The number of ether oxygens (including phenoxy) is 3.